The number of nitrogen functional groups attached to an aromatic ring is 1. The van der Waals surface area contributed by atoms with E-state index in [-0.39, 0.29) is 5.82 Å². The molecule has 2 heterocycles. The SMILES string of the molecule is CC(OP(=O)(O)O)[C@H]1O[C@@H](n2ccc(N)nc2=O)[C@H](O)[C@@H]1O. The van der Waals surface area contributed by atoms with Gasteiger partial charge in [0.2, 0.25) is 0 Å². The average molecular weight is 337 g/mol. The van der Waals surface area contributed by atoms with E-state index in [0.29, 0.717) is 0 Å². The Labute approximate surface area is 124 Å². The minimum Gasteiger partial charge on any atom is -0.387 e. The molecule has 12 heteroatoms. The summed E-state index contributed by atoms with van der Waals surface area (Å²) in [7, 11) is -4.80. The van der Waals surface area contributed by atoms with Crippen LogP contribution >= 0.6 is 7.82 Å². The molecule has 0 saturated carbocycles. The third kappa shape index (κ3) is 3.52. The largest absolute Gasteiger partial charge is 0.469 e. The molecule has 0 aliphatic carbocycles. The lowest BCUT2D eigenvalue weighted by atomic mass is 10.1. The minimum absolute atomic E-state index is 0.0240. The summed E-state index contributed by atoms with van der Waals surface area (Å²) < 4.78 is 21.5. The second-order valence-electron chi connectivity index (χ2n) is 4.82. The van der Waals surface area contributed by atoms with Crippen molar-refractivity contribution in [3.8, 4) is 0 Å². The maximum Gasteiger partial charge on any atom is 0.469 e. The van der Waals surface area contributed by atoms with Crippen molar-refractivity contribution in [2.75, 3.05) is 5.73 Å². The molecular weight excluding hydrogens is 321 g/mol. The second-order valence-corrected chi connectivity index (χ2v) is 6.01. The number of phosphoric acid groups is 1. The molecule has 0 spiro atoms. The molecule has 0 aromatic carbocycles. The number of aliphatic hydroxyl groups excluding tert-OH is 2. The highest BCUT2D eigenvalue weighted by Gasteiger charge is 2.47. The maximum atomic E-state index is 11.7. The topological polar surface area (TPSA) is 177 Å². The van der Waals surface area contributed by atoms with Crippen LogP contribution in [0.3, 0.4) is 0 Å². The van der Waals surface area contributed by atoms with Crippen molar-refractivity contribution in [1.29, 1.82) is 0 Å². The first-order valence-corrected chi connectivity index (χ1v) is 7.73. The first-order chi connectivity index (χ1) is 10.1. The van der Waals surface area contributed by atoms with Crippen LogP contribution in [0, 0.1) is 0 Å². The Kier molecular flexibility index (Phi) is 4.68. The zero-order chi connectivity index (χ0) is 16.7. The number of nitrogens with two attached hydrogens (primary N) is 1. The van der Waals surface area contributed by atoms with Crippen LogP contribution in [0.15, 0.2) is 17.1 Å². The standard InChI is InChI=1S/C10H16N3O8P/c1-4(21-22(17,18)19)8-6(14)7(15)9(20-8)13-3-2-5(11)12-10(13)16/h2-4,6-9,14-15H,1H3,(H2,11,12,16)(H2,17,18,19)/t4?,6-,7+,8+,9+/m0/s1. The molecule has 0 amide bonds. The monoisotopic (exact) mass is 337 g/mol. The minimum atomic E-state index is -4.80. The molecule has 22 heavy (non-hydrogen) atoms. The zero-order valence-electron chi connectivity index (χ0n) is 11.4. The Morgan fingerprint density at radius 2 is 2.09 bits per heavy atom. The van der Waals surface area contributed by atoms with E-state index < -0.39 is 44.2 Å². The number of rotatable bonds is 4. The second kappa shape index (κ2) is 6.05. The van der Waals surface area contributed by atoms with Crippen LogP contribution < -0.4 is 11.4 Å². The molecule has 1 aliphatic heterocycles. The van der Waals surface area contributed by atoms with Gasteiger partial charge in [0.1, 0.15) is 24.1 Å². The molecule has 1 saturated heterocycles. The molecule has 11 nitrogen and oxygen atoms in total. The lowest BCUT2D eigenvalue weighted by molar-refractivity contribution is -0.0783. The van der Waals surface area contributed by atoms with E-state index in [1.165, 1.54) is 19.2 Å². The molecule has 1 aromatic heterocycles. The van der Waals surface area contributed by atoms with E-state index >= 15 is 0 Å². The Balaban J connectivity index is 2.23. The molecule has 0 radical (unpaired) electrons. The van der Waals surface area contributed by atoms with Gasteiger partial charge in [-0.15, -0.1) is 0 Å². The van der Waals surface area contributed by atoms with Crippen molar-refractivity contribution in [2.45, 2.75) is 37.6 Å². The fraction of sp³-hybridized carbons (Fsp3) is 0.600. The number of nitrogens with zero attached hydrogens (tertiary/aromatic N) is 2. The summed E-state index contributed by atoms with van der Waals surface area (Å²) in [6.07, 6.45) is -5.58. The van der Waals surface area contributed by atoms with Crippen molar-refractivity contribution in [3.63, 3.8) is 0 Å². The first-order valence-electron chi connectivity index (χ1n) is 6.20. The van der Waals surface area contributed by atoms with Crippen LogP contribution in [0.1, 0.15) is 13.2 Å². The summed E-state index contributed by atoms with van der Waals surface area (Å²) in [6, 6.07) is 1.30. The summed E-state index contributed by atoms with van der Waals surface area (Å²) in [5.41, 5.74) is 4.54. The molecule has 124 valence electrons. The number of aliphatic hydroxyl groups is 2. The third-order valence-electron chi connectivity index (χ3n) is 3.17. The highest BCUT2D eigenvalue weighted by Crippen LogP contribution is 2.41. The molecule has 5 atom stereocenters. The maximum absolute atomic E-state index is 11.7. The van der Waals surface area contributed by atoms with Gasteiger partial charge >= 0.3 is 13.5 Å². The van der Waals surface area contributed by atoms with Gasteiger partial charge in [0, 0.05) is 6.20 Å². The van der Waals surface area contributed by atoms with Crippen LogP contribution in [0.25, 0.3) is 0 Å². The van der Waals surface area contributed by atoms with Gasteiger partial charge in [0.25, 0.3) is 0 Å². The van der Waals surface area contributed by atoms with E-state index in [9.17, 15) is 19.6 Å². The van der Waals surface area contributed by atoms with Crippen molar-refractivity contribution >= 4 is 13.6 Å². The van der Waals surface area contributed by atoms with Gasteiger partial charge in [0.05, 0.1) is 6.10 Å². The zero-order valence-corrected chi connectivity index (χ0v) is 12.3. The molecule has 2 rings (SSSR count). The number of aromatic nitrogens is 2. The summed E-state index contributed by atoms with van der Waals surface area (Å²) in [5.74, 6) is -0.0240. The lowest BCUT2D eigenvalue weighted by Gasteiger charge is -2.22. The van der Waals surface area contributed by atoms with E-state index in [2.05, 4.69) is 9.51 Å². The Morgan fingerprint density at radius 1 is 1.45 bits per heavy atom. The number of anilines is 1. The van der Waals surface area contributed by atoms with Gasteiger partial charge in [-0.25, -0.2) is 9.36 Å². The predicted octanol–water partition coefficient (Wildman–Crippen LogP) is -2.06. The average Bonchev–Trinajstić information content (AvgIpc) is 2.65. The Bertz CT molecular complexity index is 645. The van der Waals surface area contributed by atoms with Gasteiger partial charge in [-0.1, -0.05) is 0 Å². The van der Waals surface area contributed by atoms with Gasteiger partial charge in [-0.3, -0.25) is 9.09 Å². The van der Waals surface area contributed by atoms with Crippen molar-refractivity contribution < 1.29 is 33.8 Å². The summed E-state index contributed by atoms with van der Waals surface area (Å²) in [5, 5.41) is 19.9. The summed E-state index contributed by atoms with van der Waals surface area (Å²) in [6.45, 7) is 1.26. The van der Waals surface area contributed by atoms with Crippen LogP contribution in [0.2, 0.25) is 0 Å². The van der Waals surface area contributed by atoms with Crippen LogP contribution in [0.4, 0.5) is 5.82 Å². The summed E-state index contributed by atoms with van der Waals surface area (Å²) in [4.78, 5) is 32.7. The Hall–Kier alpha value is -1.33. The van der Waals surface area contributed by atoms with E-state index in [1.54, 1.807) is 0 Å². The molecule has 1 aliphatic rings. The van der Waals surface area contributed by atoms with Crippen LogP contribution in [-0.2, 0) is 13.8 Å². The quantitative estimate of drug-likeness (QED) is 0.384. The molecule has 6 N–H and O–H groups in total. The number of hydrogen-bond acceptors (Lipinski definition) is 8. The molecular formula is C10H16N3O8P. The van der Waals surface area contributed by atoms with E-state index in [1.807, 2.05) is 0 Å². The van der Waals surface area contributed by atoms with E-state index in [4.69, 9.17) is 20.3 Å². The van der Waals surface area contributed by atoms with Crippen molar-refractivity contribution in [2.24, 2.45) is 0 Å². The summed E-state index contributed by atoms with van der Waals surface area (Å²) >= 11 is 0. The molecule has 1 aromatic rings. The fourth-order valence-corrected chi connectivity index (χ4v) is 2.75. The van der Waals surface area contributed by atoms with Crippen LogP contribution in [0.5, 0.6) is 0 Å². The Morgan fingerprint density at radius 3 is 2.64 bits per heavy atom. The van der Waals surface area contributed by atoms with Gasteiger partial charge in [0.15, 0.2) is 6.23 Å². The van der Waals surface area contributed by atoms with Gasteiger partial charge in [-0.2, -0.15) is 4.98 Å². The van der Waals surface area contributed by atoms with Crippen molar-refractivity contribution in [1.82, 2.24) is 9.55 Å². The fourth-order valence-electron chi connectivity index (χ4n) is 2.20. The number of phosphoric ester groups is 1. The number of ether oxygens (including phenoxy) is 1. The lowest BCUT2D eigenvalue weighted by Crippen LogP contribution is -2.38. The third-order valence-corrected chi connectivity index (χ3v) is 3.77. The normalized spacial score (nSPS) is 30.4. The van der Waals surface area contributed by atoms with Gasteiger partial charge < -0.3 is 30.5 Å². The van der Waals surface area contributed by atoms with Gasteiger partial charge in [-0.05, 0) is 13.0 Å². The highest BCUT2D eigenvalue weighted by atomic mass is 31.2. The van der Waals surface area contributed by atoms with Crippen LogP contribution in [-0.4, -0.2) is 54.0 Å². The molecule has 1 unspecified atom stereocenters. The number of hydrogen-bond donors (Lipinski definition) is 5. The smallest absolute Gasteiger partial charge is 0.387 e. The first kappa shape index (κ1) is 17.0. The molecule has 0 bridgehead atoms. The predicted molar refractivity (Wildman–Crippen MR) is 71.4 cm³/mol. The highest BCUT2D eigenvalue weighted by molar-refractivity contribution is 7.46. The van der Waals surface area contributed by atoms with Crippen molar-refractivity contribution in [3.05, 3.63) is 22.7 Å². The molecule has 1 fully saturated rings. The van der Waals surface area contributed by atoms with E-state index in [0.717, 1.165) is 4.57 Å².